The molecule has 2 N–H and O–H groups in total. The summed E-state index contributed by atoms with van der Waals surface area (Å²) >= 11 is 5.85. The highest BCUT2D eigenvalue weighted by molar-refractivity contribution is 6.30. The predicted octanol–water partition coefficient (Wildman–Crippen LogP) is 7.15. The summed E-state index contributed by atoms with van der Waals surface area (Å²) in [5.74, 6) is 0.100. The Morgan fingerprint density at radius 2 is 1.55 bits per heavy atom. The molecule has 1 heterocycles. The van der Waals surface area contributed by atoms with Gasteiger partial charge in [-0.3, -0.25) is 0 Å². The molecule has 1 unspecified atom stereocenters. The third-order valence-electron chi connectivity index (χ3n) is 4.55. The van der Waals surface area contributed by atoms with Crippen molar-refractivity contribution >= 4 is 34.7 Å². The van der Waals surface area contributed by atoms with Crippen molar-refractivity contribution in [2.24, 2.45) is 0 Å². The van der Waals surface area contributed by atoms with Crippen LogP contribution in [0.4, 0.5) is 36.3 Å². The molecule has 0 radical (unpaired) electrons. The minimum absolute atomic E-state index is 0.0408. The number of hydrogen-bond acceptors (Lipinski definition) is 4. The maximum absolute atomic E-state index is 13.4. The quantitative estimate of drug-likeness (QED) is 0.444. The van der Waals surface area contributed by atoms with Crippen LogP contribution in [-0.2, 0) is 6.18 Å². The highest BCUT2D eigenvalue weighted by Gasteiger charge is 2.35. The standard InChI is InChI=1S/C21H20ClF3N4/c1-3-13(2)14-4-8-16(9-5-14)27-19-18(21(23,24)25)12-26-20(29-19)28-17-10-6-15(22)7-11-17/h4-13H,3H2,1-2H3,(H2,26,27,28,29). The largest absolute Gasteiger partial charge is 0.421 e. The van der Waals surface area contributed by atoms with Gasteiger partial charge in [-0.25, -0.2) is 4.98 Å². The van der Waals surface area contributed by atoms with E-state index in [0.717, 1.165) is 18.2 Å². The Morgan fingerprint density at radius 1 is 0.966 bits per heavy atom. The summed E-state index contributed by atoms with van der Waals surface area (Å²) in [5, 5.41) is 6.19. The van der Waals surface area contributed by atoms with Crippen LogP contribution in [0.2, 0.25) is 5.02 Å². The fourth-order valence-electron chi connectivity index (χ4n) is 2.67. The molecule has 152 valence electrons. The number of rotatable bonds is 6. The lowest BCUT2D eigenvalue weighted by Crippen LogP contribution is -2.12. The summed E-state index contributed by atoms with van der Waals surface area (Å²) in [4.78, 5) is 7.84. The zero-order valence-corrected chi connectivity index (χ0v) is 16.6. The van der Waals surface area contributed by atoms with Crippen LogP contribution in [0, 0.1) is 0 Å². The van der Waals surface area contributed by atoms with E-state index in [1.54, 1.807) is 36.4 Å². The van der Waals surface area contributed by atoms with E-state index in [0.29, 0.717) is 22.3 Å². The van der Waals surface area contributed by atoms with E-state index < -0.39 is 11.7 Å². The summed E-state index contributed by atoms with van der Waals surface area (Å²) in [6.07, 6.45) is -2.84. The van der Waals surface area contributed by atoms with E-state index in [-0.39, 0.29) is 11.8 Å². The molecule has 1 aromatic heterocycles. The fourth-order valence-corrected chi connectivity index (χ4v) is 2.80. The second-order valence-corrected chi connectivity index (χ2v) is 7.08. The minimum atomic E-state index is -4.59. The molecule has 0 aliphatic rings. The molecule has 3 aromatic rings. The average Bonchev–Trinajstić information content (AvgIpc) is 2.69. The lowest BCUT2D eigenvalue weighted by atomic mass is 9.99. The number of nitrogens with one attached hydrogen (secondary N) is 2. The molecule has 0 aliphatic heterocycles. The molecule has 4 nitrogen and oxygen atoms in total. The number of alkyl halides is 3. The number of aromatic nitrogens is 2. The van der Waals surface area contributed by atoms with Gasteiger partial charge in [0.2, 0.25) is 5.95 Å². The fraction of sp³-hybridized carbons (Fsp3) is 0.238. The van der Waals surface area contributed by atoms with Gasteiger partial charge in [-0.15, -0.1) is 0 Å². The molecule has 0 amide bonds. The van der Waals surface area contributed by atoms with Crippen LogP contribution in [0.1, 0.15) is 37.3 Å². The molecule has 1 atom stereocenters. The Morgan fingerprint density at radius 3 is 2.14 bits per heavy atom. The van der Waals surface area contributed by atoms with Crippen LogP contribution in [0.5, 0.6) is 0 Å². The van der Waals surface area contributed by atoms with Crippen LogP contribution in [0.3, 0.4) is 0 Å². The van der Waals surface area contributed by atoms with E-state index >= 15 is 0 Å². The van der Waals surface area contributed by atoms with Crippen LogP contribution in [0.15, 0.2) is 54.7 Å². The molecule has 0 saturated heterocycles. The first kappa shape index (κ1) is 20.9. The third-order valence-corrected chi connectivity index (χ3v) is 4.80. The molecule has 0 aliphatic carbocycles. The Bertz CT molecular complexity index is 957. The van der Waals surface area contributed by atoms with Gasteiger partial charge in [0.05, 0.1) is 0 Å². The Hall–Kier alpha value is -2.80. The van der Waals surface area contributed by atoms with Crippen LogP contribution >= 0.6 is 11.6 Å². The molecule has 8 heteroatoms. The number of halogens is 4. The van der Waals surface area contributed by atoms with Crippen molar-refractivity contribution in [3.05, 3.63) is 70.9 Å². The van der Waals surface area contributed by atoms with Crippen molar-refractivity contribution in [3.8, 4) is 0 Å². The first-order chi connectivity index (χ1) is 13.8. The summed E-state index contributed by atoms with van der Waals surface area (Å²) in [6, 6.07) is 14.0. The van der Waals surface area contributed by atoms with Gasteiger partial charge in [0.15, 0.2) is 0 Å². The lowest BCUT2D eigenvalue weighted by Gasteiger charge is -2.16. The van der Waals surface area contributed by atoms with Gasteiger partial charge >= 0.3 is 6.18 Å². The first-order valence-corrected chi connectivity index (χ1v) is 9.48. The second kappa shape index (κ2) is 8.69. The molecule has 3 rings (SSSR count). The Labute approximate surface area is 172 Å². The molecule has 0 fully saturated rings. The van der Waals surface area contributed by atoms with Gasteiger partial charge in [-0.2, -0.15) is 18.2 Å². The predicted molar refractivity (Wildman–Crippen MR) is 110 cm³/mol. The van der Waals surface area contributed by atoms with Gasteiger partial charge < -0.3 is 10.6 Å². The lowest BCUT2D eigenvalue weighted by molar-refractivity contribution is -0.137. The van der Waals surface area contributed by atoms with E-state index in [1.807, 2.05) is 12.1 Å². The summed E-state index contributed by atoms with van der Waals surface area (Å²) in [7, 11) is 0. The summed E-state index contributed by atoms with van der Waals surface area (Å²) < 4.78 is 40.2. The highest BCUT2D eigenvalue weighted by Crippen LogP contribution is 2.35. The van der Waals surface area contributed by atoms with Gasteiger partial charge in [0.25, 0.3) is 0 Å². The van der Waals surface area contributed by atoms with Gasteiger partial charge in [0, 0.05) is 22.6 Å². The topological polar surface area (TPSA) is 49.8 Å². The maximum Gasteiger partial charge on any atom is 0.421 e. The van der Waals surface area contributed by atoms with E-state index in [2.05, 4.69) is 34.4 Å². The van der Waals surface area contributed by atoms with Gasteiger partial charge in [0.1, 0.15) is 11.4 Å². The average molecular weight is 421 g/mol. The monoisotopic (exact) mass is 420 g/mol. The smallest absolute Gasteiger partial charge is 0.340 e. The van der Waals surface area contributed by atoms with Crippen molar-refractivity contribution in [1.82, 2.24) is 9.97 Å². The van der Waals surface area contributed by atoms with Crippen molar-refractivity contribution < 1.29 is 13.2 Å². The zero-order chi connectivity index (χ0) is 21.0. The first-order valence-electron chi connectivity index (χ1n) is 9.10. The second-order valence-electron chi connectivity index (χ2n) is 6.64. The summed E-state index contributed by atoms with van der Waals surface area (Å²) in [6.45, 7) is 4.19. The Kier molecular flexibility index (Phi) is 6.27. The van der Waals surface area contributed by atoms with Crippen LogP contribution in [0.25, 0.3) is 0 Å². The summed E-state index contributed by atoms with van der Waals surface area (Å²) in [5.41, 5.74) is 1.31. The minimum Gasteiger partial charge on any atom is -0.340 e. The number of benzene rings is 2. The highest BCUT2D eigenvalue weighted by atomic mass is 35.5. The van der Waals surface area contributed by atoms with E-state index in [4.69, 9.17) is 11.6 Å². The molecule has 0 saturated carbocycles. The van der Waals surface area contributed by atoms with Crippen molar-refractivity contribution in [2.45, 2.75) is 32.4 Å². The van der Waals surface area contributed by atoms with Gasteiger partial charge in [-0.1, -0.05) is 37.6 Å². The number of nitrogens with zero attached hydrogens (tertiary/aromatic N) is 2. The molecular formula is C21H20ClF3N4. The number of hydrogen-bond donors (Lipinski definition) is 2. The van der Waals surface area contributed by atoms with Crippen molar-refractivity contribution in [2.75, 3.05) is 10.6 Å². The SMILES string of the molecule is CCC(C)c1ccc(Nc2nc(Nc3ccc(Cl)cc3)ncc2C(F)(F)F)cc1. The normalized spacial score (nSPS) is 12.5. The zero-order valence-electron chi connectivity index (χ0n) is 15.9. The number of anilines is 4. The van der Waals surface area contributed by atoms with Gasteiger partial charge in [-0.05, 0) is 54.3 Å². The van der Waals surface area contributed by atoms with E-state index in [1.165, 1.54) is 0 Å². The van der Waals surface area contributed by atoms with Crippen molar-refractivity contribution in [1.29, 1.82) is 0 Å². The maximum atomic E-state index is 13.4. The van der Waals surface area contributed by atoms with Crippen LogP contribution < -0.4 is 10.6 Å². The molecular weight excluding hydrogens is 401 g/mol. The van der Waals surface area contributed by atoms with E-state index in [9.17, 15) is 13.2 Å². The van der Waals surface area contributed by atoms with Crippen LogP contribution in [-0.4, -0.2) is 9.97 Å². The molecule has 0 bridgehead atoms. The Balaban J connectivity index is 1.89. The molecule has 29 heavy (non-hydrogen) atoms. The van der Waals surface area contributed by atoms with Crippen molar-refractivity contribution in [3.63, 3.8) is 0 Å². The molecule has 0 spiro atoms. The molecule has 2 aromatic carbocycles. The third kappa shape index (κ3) is 5.38.